The Morgan fingerprint density at radius 2 is 2.19 bits per heavy atom. The smallest absolute Gasteiger partial charge is 0.0618 e. The van der Waals surface area contributed by atoms with E-state index in [-0.39, 0.29) is 0 Å². The molecule has 1 aliphatic rings. The molecule has 1 N–H and O–H groups in total. The van der Waals surface area contributed by atoms with Gasteiger partial charge in [-0.3, -0.25) is 0 Å². The highest BCUT2D eigenvalue weighted by atomic mass is 16.5. The number of hydrogen-bond donors (Lipinski definition) is 1. The Bertz CT molecular complexity index is 183. The number of methoxy groups -OCH3 is 1. The lowest BCUT2D eigenvalue weighted by Gasteiger charge is -2.25. The summed E-state index contributed by atoms with van der Waals surface area (Å²) in [4.78, 5) is 0. The van der Waals surface area contributed by atoms with E-state index in [0.29, 0.717) is 24.0 Å². The van der Waals surface area contributed by atoms with Gasteiger partial charge >= 0.3 is 0 Å². The Balaban J connectivity index is 2.30. The zero-order chi connectivity index (χ0) is 12.0. The van der Waals surface area contributed by atoms with E-state index < -0.39 is 0 Å². The fourth-order valence-corrected chi connectivity index (χ4v) is 2.35. The van der Waals surface area contributed by atoms with Gasteiger partial charge in [0, 0.05) is 26.3 Å². The van der Waals surface area contributed by atoms with E-state index in [2.05, 4.69) is 26.1 Å². The summed E-state index contributed by atoms with van der Waals surface area (Å²) < 4.78 is 10.9. The summed E-state index contributed by atoms with van der Waals surface area (Å²) in [5.41, 5.74) is 0. The van der Waals surface area contributed by atoms with E-state index in [1.54, 1.807) is 7.11 Å². The Morgan fingerprint density at radius 1 is 1.44 bits per heavy atom. The van der Waals surface area contributed by atoms with E-state index in [1.165, 1.54) is 6.42 Å². The summed E-state index contributed by atoms with van der Waals surface area (Å²) in [6.07, 6.45) is 2.79. The van der Waals surface area contributed by atoms with Crippen molar-refractivity contribution >= 4 is 0 Å². The molecule has 0 bridgehead atoms. The van der Waals surface area contributed by atoms with Crippen molar-refractivity contribution in [3.63, 3.8) is 0 Å². The minimum atomic E-state index is 0.461. The molecule has 3 unspecified atom stereocenters. The monoisotopic (exact) mass is 229 g/mol. The average molecular weight is 229 g/mol. The predicted octanol–water partition coefficient (Wildman–Crippen LogP) is 2.06. The van der Waals surface area contributed by atoms with Crippen LogP contribution < -0.4 is 5.32 Å². The molecule has 0 aliphatic carbocycles. The highest BCUT2D eigenvalue weighted by molar-refractivity contribution is 4.80. The molecule has 3 nitrogen and oxygen atoms in total. The molecule has 0 amide bonds. The van der Waals surface area contributed by atoms with Gasteiger partial charge in [0.1, 0.15) is 0 Å². The number of ether oxygens (including phenoxy) is 2. The molecule has 0 saturated carbocycles. The van der Waals surface area contributed by atoms with Crippen molar-refractivity contribution in [3.05, 3.63) is 0 Å². The molecule has 3 heteroatoms. The molecule has 0 aromatic heterocycles. The molecule has 1 heterocycles. The largest absolute Gasteiger partial charge is 0.383 e. The van der Waals surface area contributed by atoms with E-state index in [1.807, 2.05) is 0 Å². The van der Waals surface area contributed by atoms with Gasteiger partial charge in [-0.1, -0.05) is 20.8 Å². The Morgan fingerprint density at radius 3 is 2.75 bits per heavy atom. The van der Waals surface area contributed by atoms with Gasteiger partial charge < -0.3 is 14.8 Å². The van der Waals surface area contributed by atoms with Crippen LogP contribution in [0, 0.1) is 11.8 Å². The van der Waals surface area contributed by atoms with Gasteiger partial charge in [0.25, 0.3) is 0 Å². The number of hydrogen-bond acceptors (Lipinski definition) is 3. The maximum Gasteiger partial charge on any atom is 0.0618 e. The first-order valence-electron chi connectivity index (χ1n) is 6.52. The van der Waals surface area contributed by atoms with E-state index >= 15 is 0 Å². The number of nitrogens with one attached hydrogen (secondary N) is 1. The molecule has 1 saturated heterocycles. The molecule has 1 fully saturated rings. The van der Waals surface area contributed by atoms with Crippen molar-refractivity contribution in [1.82, 2.24) is 5.32 Å². The van der Waals surface area contributed by atoms with Gasteiger partial charge in [0.2, 0.25) is 0 Å². The van der Waals surface area contributed by atoms with Crippen molar-refractivity contribution in [2.24, 2.45) is 11.8 Å². The third-order valence-corrected chi connectivity index (χ3v) is 3.54. The van der Waals surface area contributed by atoms with Crippen molar-refractivity contribution in [1.29, 1.82) is 0 Å². The van der Waals surface area contributed by atoms with Gasteiger partial charge in [0.05, 0.1) is 12.7 Å². The number of rotatable bonds is 7. The second-order valence-electron chi connectivity index (χ2n) is 5.08. The van der Waals surface area contributed by atoms with Crippen LogP contribution in [0.3, 0.4) is 0 Å². The zero-order valence-electron chi connectivity index (χ0n) is 11.2. The van der Waals surface area contributed by atoms with E-state index in [4.69, 9.17) is 9.47 Å². The summed E-state index contributed by atoms with van der Waals surface area (Å²) in [6.45, 7) is 9.46. The maximum atomic E-state index is 5.70. The Hall–Kier alpha value is -0.120. The quantitative estimate of drug-likeness (QED) is 0.725. The average Bonchev–Trinajstić information content (AvgIpc) is 2.71. The van der Waals surface area contributed by atoms with E-state index in [0.717, 1.165) is 26.2 Å². The van der Waals surface area contributed by atoms with Gasteiger partial charge in [0.15, 0.2) is 0 Å². The van der Waals surface area contributed by atoms with Gasteiger partial charge in [-0.15, -0.1) is 0 Å². The van der Waals surface area contributed by atoms with E-state index in [9.17, 15) is 0 Å². The lowest BCUT2D eigenvalue weighted by Crippen LogP contribution is -2.41. The first-order valence-corrected chi connectivity index (χ1v) is 6.52. The van der Waals surface area contributed by atoms with Crippen LogP contribution in [0.2, 0.25) is 0 Å². The lowest BCUT2D eigenvalue weighted by molar-refractivity contribution is 0.0833. The molecule has 1 aliphatic heterocycles. The normalized spacial score (nSPS) is 27.6. The van der Waals surface area contributed by atoms with Crippen LogP contribution in [0.5, 0.6) is 0 Å². The third-order valence-electron chi connectivity index (χ3n) is 3.54. The maximum absolute atomic E-state index is 5.70. The molecule has 3 atom stereocenters. The van der Waals surface area contributed by atoms with Crippen molar-refractivity contribution < 1.29 is 9.47 Å². The standard InChI is InChI=1S/C13H27NO2/c1-5-13-11(6-7-16-13)8-14-12(9-15-4)10(2)3/h10-14H,5-9H2,1-4H3. The minimum absolute atomic E-state index is 0.461. The molecular weight excluding hydrogens is 202 g/mol. The van der Waals surface area contributed by atoms with Crippen LogP contribution in [-0.2, 0) is 9.47 Å². The second-order valence-corrected chi connectivity index (χ2v) is 5.08. The molecule has 96 valence electrons. The van der Waals surface area contributed by atoms with Crippen LogP contribution in [0.15, 0.2) is 0 Å². The fourth-order valence-electron chi connectivity index (χ4n) is 2.35. The molecule has 0 aromatic carbocycles. The molecular formula is C13H27NO2. The molecule has 1 rings (SSSR count). The van der Waals surface area contributed by atoms with Crippen LogP contribution >= 0.6 is 0 Å². The van der Waals surface area contributed by atoms with Crippen LogP contribution in [0.25, 0.3) is 0 Å². The predicted molar refractivity (Wildman–Crippen MR) is 66.6 cm³/mol. The molecule has 0 aromatic rings. The molecule has 0 spiro atoms. The Labute approximate surface area is 99.9 Å². The van der Waals surface area contributed by atoms with Crippen LogP contribution in [0.4, 0.5) is 0 Å². The second kappa shape index (κ2) is 7.25. The zero-order valence-corrected chi connectivity index (χ0v) is 11.2. The molecule has 16 heavy (non-hydrogen) atoms. The highest BCUT2D eigenvalue weighted by Gasteiger charge is 2.27. The van der Waals surface area contributed by atoms with Gasteiger partial charge in [-0.25, -0.2) is 0 Å². The van der Waals surface area contributed by atoms with Gasteiger partial charge in [-0.2, -0.15) is 0 Å². The topological polar surface area (TPSA) is 30.5 Å². The fraction of sp³-hybridized carbons (Fsp3) is 1.00. The minimum Gasteiger partial charge on any atom is -0.383 e. The SMILES string of the molecule is CCC1OCCC1CNC(COC)C(C)C. The lowest BCUT2D eigenvalue weighted by atomic mass is 9.98. The third kappa shape index (κ3) is 4.04. The van der Waals surface area contributed by atoms with Crippen molar-refractivity contribution in [2.75, 3.05) is 26.9 Å². The van der Waals surface area contributed by atoms with Crippen LogP contribution in [0.1, 0.15) is 33.6 Å². The Kier molecular flexibility index (Phi) is 6.32. The summed E-state index contributed by atoms with van der Waals surface area (Å²) in [6, 6.07) is 0.461. The van der Waals surface area contributed by atoms with Crippen molar-refractivity contribution in [3.8, 4) is 0 Å². The summed E-state index contributed by atoms with van der Waals surface area (Å²) >= 11 is 0. The summed E-state index contributed by atoms with van der Waals surface area (Å²) in [5.74, 6) is 1.30. The first-order chi connectivity index (χ1) is 7.69. The molecule has 0 radical (unpaired) electrons. The van der Waals surface area contributed by atoms with Gasteiger partial charge in [-0.05, 0) is 24.7 Å². The van der Waals surface area contributed by atoms with Crippen molar-refractivity contribution in [2.45, 2.75) is 45.8 Å². The highest BCUT2D eigenvalue weighted by Crippen LogP contribution is 2.22. The summed E-state index contributed by atoms with van der Waals surface area (Å²) in [7, 11) is 1.77. The van der Waals surface area contributed by atoms with Crippen LogP contribution in [-0.4, -0.2) is 39.0 Å². The summed E-state index contributed by atoms with van der Waals surface area (Å²) in [5, 5.41) is 3.62. The first kappa shape index (κ1) is 13.9.